The van der Waals surface area contributed by atoms with Crippen LogP contribution in [0, 0.1) is 0 Å². The third-order valence-corrected chi connectivity index (χ3v) is 3.95. The lowest BCUT2D eigenvalue weighted by molar-refractivity contribution is -0.138. The number of tetrazole rings is 1. The summed E-state index contributed by atoms with van der Waals surface area (Å²) < 4.78 is 11.8. The molecule has 10 heteroatoms. The van der Waals surface area contributed by atoms with Crippen LogP contribution in [0.4, 0.5) is 0 Å². The highest BCUT2D eigenvalue weighted by molar-refractivity contribution is 7.98. The Morgan fingerprint density at radius 2 is 2.33 bits per heavy atom. The molecule has 2 aromatic rings. The first-order valence-corrected chi connectivity index (χ1v) is 7.18. The Balaban J connectivity index is 1.72. The lowest BCUT2D eigenvalue weighted by atomic mass is 10.2. The molecule has 2 heterocycles. The molecule has 110 valence electrons. The lowest BCUT2D eigenvalue weighted by Gasteiger charge is -2.05. The molecule has 0 saturated carbocycles. The van der Waals surface area contributed by atoms with Crippen LogP contribution in [0.15, 0.2) is 17.3 Å². The third-order valence-electron chi connectivity index (χ3n) is 2.64. The normalized spacial score (nSPS) is 12.6. The van der Waals surface area contributed by atoms with Crippen LogP contribution >= 0.6 is 23.4 Å². The van der Waals surface area contributed by atoms with Gasteiger partial charge in [0.15, 0.2) is 11.5 Å². The highest BCUT2D eigenvalue weighted by Crippen LogP contribution is 2.40. The van der Waals surface area contributed by atoms with Crippen molar-refractivity contribution in [3.63, 3.8) is 0 Å². The zero-order chi connectivity index (χ0) is 14.8. The smallest absolute Gasteiger partial charge is 0.325 e. The minimum Gasteiger partial charge on any atom is -0.480 e. The number of benzene rings is 1. The topological polar surface area (TPSA) is 99.4 Å². The van der Waals surface area contributed by atoms with Crippen LogP contribution in [-0.4, -0.2) is 38.1 Å². The number of hydrogen-bond acceptors (Lipinski definition) is 7. The summed E-state index contributed by atoms with van der Waals surface area (Å²) in [6.07, 6.45) is 0. The second kappa shape index (κ2) is 5.78. The molecule has 21 heavy (non-hydrogen) atoms. The maximum Gasteiger partial charge on any atom is 0.325 e. The van der Waals surface area contributed by atoms with Gasteiger partial charge >= 0.3 is 5.97 Å². The van der Waals surface area contributed by atoms with Gasteiger partial charge < -0.3 is 14.6 Å². The molecule has 0 unspecified atom stereocenters. The molecule has 3 rings (SSSR count). The molecule has 0 bridgehead atoms. The Kier molecular flexibility index (Phi) is 3.84. The Morgan fingerprint density at radius 3 is 3.14 bits per heavy atom. The van der Waals surface area contributed by atoms with E-state index in [1.54, 1.807) is 6.07 Å². The van der Waals surface area contributed by atoms with Crippen LogP contribution in [0.25, 0.3) is 0 Å². The molecule has 1 aliphatic rings. The summed E-state index contributed by atoms with van der Waals surface area (Å²) in [4.78, 5) is 10.7. The predicted octanol–water partition coefficient (Wildman–Crippen LogP) is 1.43. The Morgan fingerprint density at radius 1 is 1.48 bits per heavy atom. The van der Waals surface area contributed by atoms with E-state index in [4.69, 9.17) is 26.2 Å². The average molecular weight is 329 g/mol. The van der Waals surface area contributed by atoms with Crippen molar-refractivity contribution in [3.8, 4) is 11.5 Å². The fourth-order valence-electron chi connectivity index (χ4n) is 1.78. The zero-order valence-electron chi connectivity index (χ0n) is 10.5. The van der Waals surface area contributed by atoms with Crippen LogP contribution in [0.5, 0.6) is 11.5 Å². The van der Waals surface area contributed by atoms with Crippen LogP contribution in [-0.2, 0) is 17.1 Å². The molecule has 0 spiro atoms. The standard InChI is InChI=1S/C11H9ClN4O4S/c12-7-1-6(2-8-10(7)20-5-19-8)4-21-11-13-14-15-16(11)3-9(17)18/h1-2H,3-5H2,(H,17,18). The highest BCUT2D eigenvalue weighted by atomic mass is 35.5. The molecule has 1 aromatic heterocycles. The Hall–Kier alpha value is -2.00. The fraction of sp³-hybridized carbons (Fsp3) is 0.273. The molecule has 0 saturated heterocycles. The van der Waals surface area contributed by atoms with Crippen molar-refractivity contribution in [1.82, 2.24) is 20.2 Å². The first-order chi connectivity index (χ1) is 10.1. The van der Waals surface area contributed by atoms with Crippen molar-refractivity contribution in [2.24, 2.45) is 0 Å². The summed E-state index contributed by atoms with van der Waals surface area (Å²) >= 11 is 7.41. The van der Waals surface area contributed by atoms with Gasteiger partial charge in [-0.2, -0.15) is 0 Å². The van der Waals surface area contributed by atoms with Gasteiger partial charge in [-0.25, -0.2) is 4.68 Å². The Labute approximate surface area is 128 Å². The maximum absolute atomic E-state index is 10.7. The number of halogens is 1. The number of carboxylic acid groups (broad SMARTS) is 1. The minimum atomic E-state index is -1.00. The molecule has 0 radical (unpaired) electrons. The molecule has 1 N–H and O–H groups in total. The van der Waals surface area contributed by atoms with E-state index in [9.17, 15) is 4.79 Å². The van der Waals surface area contributed by atoms with Gasteiger partial charge in [0.25, 0.3) is 0 Å². The molecular formula is C11H9ClN4O4S. The zero-order valence-corrected chi connectivity index (χ0v) is 12.1. The van der Waals surface area contributed by atoms with Gasteiger partial charge in [-0.05, 0) is 28.1 Å². The van der Waals surface area contributed by atoms with Gasteiger partial charge in [-0.3, -0.25) is 4.79 Å². The second-order valence-corrected chi connectivity index (χ2v) is 5.46. The Bertz CT molecular complexity index is 693. The van der Waals surface area contributed by atoms with Crippen molar-refractivity contribution in [2.45, 2.75) is 17.5 Å². The first-order valence-electron chi connectivity index (χ1n) is 5.82. The minimum absolute atomic E-state index is 0.155. The van der Waals surface area contributed by atoms with Crippen molar-refractivity contribution >= 4 is 29.3 Å². The van der Waals surface area contributed by atoms with E-state index in [2.05, 4.69) is 15.5 Å². The number of carboxylic acids is 1. The van der Waals surface area contributed by atoms with Crippen LogP contribution in [0.2, 0.25) is 5.02 Å². The van der Waals surface area contributed by atoms with E-state index in [-0.39, 0.29) is 13.3 Å². The van der Waals surface area contributed by atoms with Crippen LogP contribution < -0.4 is 9.47 Å². The largest absolute Gasteiger partial charge is 0.480 e. The van der Waals surface area contributed by atoms with Gasteiger partial charge in [0, 0.05) is 5.75 Å². The molecular weight excluding hydrogens is 320 g/mol. The van der Waals surface area contributed by atoms with E-state index in [1.165, 1.54) is 16.4 Å². The summed E-state index contributed by atoms with van der Waals surface area (Å²) in [5, 5.41) is 20.6. The van der Waals surface area contributed by atoms with Gasteiger partial charge in [0.1, 0.15) is 6.54 Å². The lowest BCUT2D eigenvalue weighted by Crippen LogP contribution is -2.11. The van der Waals surface area contributed by atoms with E-state index in [1.807, 2.05) is 6.07 Å². The van der Waals surface area contributed by atoms with Crippen molar-refractivity contribution in [1.29, 1.82) is 0 Å². The second-order valence-electron chi connectivity index (χ2n) is 4.11. The summed E-state index contributed by atoms with van der Waals surface area (Å²) in [6, 6.07) is 3.60. The van der Waals surface area contributed by atoms with E-state index in [0.717, 1.165) is 5.56 Å². The van der Waals surface area contributed by atoms with Gasteiger partial charge in [-0.15, -0.1) is 5.10 Å². The fourth-order valence-corrected chi connectivity index (χ4v) is 2.87. The highest BCUT2D eigenvalue weighted by Gasteiger charge is 2.19. The maximum atomic E-state index is 10.7. The van der Waals surface area contributed by atoms with Crippen molar-refractivity contribution in [3.05, 3.63) is 22.7 Å². The molecule has 0 fully saturated rings. The van der Waals surface area contributed by atoms with E-state index >= 15 is 0 Å². The number of aromatic nitrogens is 4. The molecule has 8 nitrogen and oxygen atoms in total. The monoisotopic (exact) mass is 328 g/mol. The number of ether oxygens (including phenoxy) is 2. The number of carbonyl (C=O) groups is 1. The average Bonchev–Trinajstić information content (AvgIpc) is 3.05. The molecule has 0 atom stereocenters. The van der Waals surface area contributed by atoms with E-state index in [0.29, 0.717) is 27.4 Å². The number of aliphatic carboxylic acids is 1. The van der Waals surface area contributed by atoms with Gasteiger partial charge in [0.05, 0.1) is 5.02 Å². The van der Waals surface area contributed by atoms with Crippen molar-refractivity contribution in [2.75, 3.05) is 6.79 Å². The number of fused-ring (bicyclic) bond motifs is 1. The number of hydrogen-bond donors (Lipinski definition) is 1. The molecule has 1 aromatic carbocycles. The van der Waals surface area contributed by atoms with Crippen LogP contribution in [0.3, 0.4) is 0 Å². The summed E-state index contributed by atoms with van der Waals surface area (Å²) in [5.41, 5.74) is 0.902. The number of rotatable bonds is 5. The quantitative estimate of drug-likeness (QED) is 0.823. The molecule has 0 aliphatic carbocycles. The number of thioether (sulfide) groups is 1. The van der Waals surface area contributed by atoms with Gasteiger partial charge in [0.2, 0.25) is 11.9 Å². The molecule has 1 aliphatic heterocycles. The van der Waals surface area contributed by atoms with Crippen molar-refractivity contribution < 1.29 is 19.4 Å². The van der Waals surface area contributed by atoms with Gasteiger partial charge in [-0.1, -0.05) is 23.4 Å². The SMILES string of the molecule is O=C(O)Cn1nnnc1SCc1cc(Cl)c2c(c1)OCO2. The van der Waals surface area contributed by atoms with Crippen LogP contribution in [0.1, 0.15) is 5.56 Å². The molecule has 0 amide bonds. The van der Waals surface area contributed by atoms with E-state index < -0.39 is 5.97 Å². The predicted molar refractivity (Wildman–Crippen MR) is 72.6 cm³/mol. The summed E-state index contributed by atoms with van der Waals surface area (Å²) in [6.45, 7) is -0.125. The first kappa shape index (κ1) is 14.0. The summed E-state index contributed by atoms with van der Waals surface area (Å²) in [7, 11) is 0. The summed E-state index contributed by atoms with van der Waals surface area (Å²) in [5.74, 6) is 0.663. The number of nitrogens with zero attached hydrogens (tertiary/aromatic N) is 4. The third kappa shape index (κ3) is 3.03.